The zero-order valence-electron chi connectivity index (χ0n) is 20.8. The van der Waals surface area contributed by atoms with E-state index in [1.54, 1.807) is 19.1 Å². The van der Waals surface area contributed by atoms with Crippen molar-refractivity contribution in [3.8, 4) is 0 Å². The van der Waals surface area contributed by atoms with Crippen LogP contribution in [-0.2, 0) is 14.8 Å². The Bertz CT molecular complexity index is 1380. The number of benzene rings is 1. The number of carboxylic acid groups (broad SMARTS) is 1. The van der Waals surface area contributed by atoms with E-state index in [1.807, 2.05) is 4.90 Å². The van der Waals surface area contributed by atoms with Crippen molar-refractivity contribution in [2.75, 3.05) is 51.8 Å². The zero-order chi connectivity index (χ0) is 27.3. The number of carbonyl (C=O) groups excluding carboxylic acids is 1. The molecule has 38 heavy (non-hydrogen) atoms. The number of piperidine rings is 1. The second-order valence-corrected chi connectivity index (χ2v) is 12.3. The molecule has 5 rings (SSSR count). The highest BCUT2D eigenvalue weighted by atomic mass is 32.2. The maximum atomic E-state index is 13.4. The third kappa shape index (κ3) is 5.82. The zero-order valence-corrected chi connectivity index (χ0v) is 21.7. The van der Waals surface area contributed by atoms with E-state index in [9.17, 15) is 26.8 Å². The van der Waals surface area contributed by atoms with E-state index in [1.165, 1.54) is 35.9 Å². The summed E-state index contributed by atoms with van der Waals surface area (Å²) in [4.78, 5) is 32.2. The van der Waals surface area contributed by atoms with E-state index in [0.29, 0.717) is 35.6 Å². The second-order valence-electron chi connectivity index (χ2n) is 10.5. The molecule has 3 heterocycles. The van der Waals surface area contributed by atoms with Gasteiger partial charge in [0.25, 0.3) is 11.8 Å². The molecular formula is C25H29F2N5O5S. The number of nitrogens with one attached hydrogen (secondary N) is 2. The topological polar surface area (TPSA) is 132 Å². The van der Waals surface area contributed by atoms with Crippen molar-refractivity contribution in [1.82, 2.24) is 4.98 Å². The first-order valence-corrected chi connectivity index (χ1v) is 14.0. The van der Waals surface area contributed by atoms with E-state index < -0.39 is 46.7 Å². The van der Waals surface area contributed by atoms with Crippen LogP contribution in [0.5, 0.6) is 0 Å². The highest BCUT2D eigenvalue weighted by Crippen LogP contribution is 2.54. The summed E-state index contributed by atoms with van der Waals surface area (Å²) in [5.41, 5.74) is 2.07. The van der Waals surface area contributed by atoms with Crippen LogP contribution >= 0.6 is 0 Å². The lowest BCUT2D eigenvalue weighted by atomic mass is 9.93. The number of pyridine rings is 1. The molecule has 13 heteroatoms. The SMILES string of the molecule is Cc1cc(NC(=O)c2ccc(NS(=O)(=O)CC(=O)O)cc2N2CCC3(CC2)CC3)nc(N2CC(F)(F)C2)c1. The molecule has 1 aliphatic carbocycles. The first kappa shape index (κ1) is 26.1. The fraction of sp³-hybridized carbons (Fsp3) is 0.480. The number of amides is 1. The van der Waals surface area contributed by atoms with Crippen LogP contribution in [0.1, 0.15) is 41.6 Å². The molecule has 1 aromatic heterocycles. The van der Waals surface area contributed by atoms with Gasteiger partial charge in [-0.15, -0.1) is 0 Å². The Labute approximate surface area is 219 Å². The summed E-state index contributed by atoms with van der Waals surface area (Å²) < 4.78 is 53.4. The highest BCUT2D eigenvalue weighted by molar-refractivity contribution is 7.93. The molecule has 1 aromatic carbocycles. The number of nitrogens with zero attached hydrogens (tertiary/aromatic N) is 3. The van der Waals surface area contributed by atoms with Gasteiger partial charge in [-0.3, -0.25) is 14.3 Å². The number of halogens is 2. The molecule has 0 unspecified atom stereocenters. The van der Waals surface area contributed by atoms with Crippen LogP contribution in [0, 0.1) is 12.3 Å². The number of anilines is 4. The third-order valence-corrected chi connectivity index (χ3v) is 8.49. The molecule has 2 aromatic rings. The van der Waals surface area contributed by atoms with Gasteiger partial charge in [0, 0.05) is 13.1 Å². The Balaban J connectivity index is 1.40. The molecule has 0 radical (unpaired) electrons. The number of alkyl halides is 2. The van der Waals surface area contributed by atoms with Gasteiger partial charge < -0.3 is 20.2 Å². The number of carboxylic acids is 1. The number of aliphatic carboxylic acids is 1. The number of carbonyl (C=O) groups is 2. The quantitative estimate of drug-likeness (QED) is 0.457. The predicted molar refractivity (Wildman–Crippen MR) is 139 cm³/mol. The summed E-state index contributed by atoms with van der Waals surface area (Å²) in [7, 11) is -4.13. The van der Waals surface area contributed by atoms with E-state index in [4.69, 9.17) is 5.11 Å². The van der Waals surface area contributed by atoms with Crippen LogP contribution in [0.3, 0.4) is 0 Å². The van der Waals surface area contributed by atoms with Crippen molar-refractivity contribution in [2.45, 2.75) is 38.5 Å². The van der Waals surface area contributed by atoms with Gasteiger partial charge in [-0.05, 0) is 73.9 Å². The smallest absolute Gasteiger partial charge is 0.320 e. The van der Waals surface area contributed by atoms with Crippen LogP contribution in [0.15, 0.2) is 30.3 Å². The molecule has 2 aliphatic heterocycles. The maximum absolute atomic E-state index is 13.4. The standard InChI is InChI=1S/C25H29F2N5O5S/c1-16-10-20(28-21(11-16)32-14-25(26,27)15-32)29-23(35)18-3-2-17(30-38(36,37)13-22(33)34)12-19(18)31-8-6-24(4-5-24)7-9-31/h2-3,10-12,30H,4-9,13-15H2,1H3,(H,33,34)(H,28,29,35). The third-order valence-electron chi connectivity index (χ3n) is 7.32. The Hall–Kier alpha value is -3.48. The first-order chi connectivity index (χ1) is 17.8. The number of rotatable bonds is 8. The fourth-order valence-corrected chi connectivity index (χ4v) is 5.94. The summed E-state index contributed by atoms with van der Waals surface area (Å²) in [6.45, 7) is 2.31. The van der Waals surface area contributed by atoms with E-state index in [2.05, 4.69) is 15.0 Å². The minimum Gasteiger partial charge on any atom is -0.480 e. The van der Waals surface area contributed by atoms with Crippen molar-refractivity contribution >= 4 is 44.9 Å². The molecule has 3 N–H and O–H groups in total. The van der Waals surface area contributed by atoms with Gasteiger partial charge in [0.15, 0.2) is 5.75 Å². The summed E-state index contributed by atoms with van der Waals surface area (Å²) in [6, 6.07) is 7.75. The average Bonchev–Trinajstić information content (AvgIpc) is 3.55. The Morgan fingerprint density at radius 1 is 1.05 bits per heavy atom. The highest BCUT2D eigenvalue weighted by Gasteiger charge is 2.45. The summed E-state index contributed by atoms with van der Waals surface area (Å²) in [5, 5.41) is 11.6. The number of hydrogen-bond donors (Lipinski definition) is 3. The minimum absolute atomic E-state index is 0.152. The van der Waals surface area contributed by atoms with Crippen molar-refractivity contribution in [1.29, 1.82) is 0 Å². The van der Waals surface area contributed by atoms with Gasteiger partial charge in [-0.2, -0.15) is 0 Å². The van der Waals surface area contributed by atoms with Gasteiger partial charge in [0.05, 0.1) is 30.0 Å². The van der Waals surface area contributed by atoms with Crippen molar-refractivity contribution < 1.29 is 31.9 Å². The minimum atomic E-state index is -4.13. The molecule has 0 atom stereocenters. The molecule has 3 fully saturated rings. The second kappa shape index (κ2) is 9.37. The largest absolute Gasteiger partial charge is 0.480 e. The summed E-state index contributed by atoms with van der Waals surface area (Å²) in [5.74, 6) is -5.24. The Kier molecular flexibility index (Phi) is 6.44. The molecule has 1 saturated carbocycles. The fourth-order valence-electron chi connectivity index (χ4n) is 5.06. The van der Waals surface area contributed by atoms with E-state index in [-0.39, 0.29) is 11.5 Å². The molecule has 0 bridgehead atoms. The number of aromatic nitrogens is 1. The monoisotopic (exact) mass is 549 g/mol. The Morgan fingerprint density at radius 2 is 1.74 bits per heavy atom. The van der Waals surface area contributed by atoms with Crippen LogP contribution in [0.2, 0.25) is 0 Å². The van der Waals surface area contributed by atoms with Crippen LogP contribution in [0.4, 0.5) is 31.8 Å². The van der Waals surface area contributed by atoms with Gasteiger partial charge in [0.1, 0.15) is 11.6 Å². The van der Waals surface area contributed by atoms with Crippen molar-refractivity contribution in [3.63, 3.8) is 0 Å². The molecule has 1 spiro atoms. The van der Waals surface area contributed by atoms with Gasteiger partial charge >= 0.3 is 5.97 Å². The number of sulfonamides is 1. The first-order valence-electron chi connectivity index (χ1n) is 12.4. The van der Waals surface area contributed by atoms with Crippen LogP contribution < -0.4 is 19.8 Å². The molecule has 10 nitrogen and oxygen atoms in total. The van der Waals surface area contributed by atoms with Crippen molar-refractivity contribution in [3.05, 3.63) is 41.5 Å². The van der Waals surface area contributed by atoms with Crippen LogP contribution in [-0.4, -0.2) is 68.2 Å². The van der Waals surface area contributed by atoms with E-state index in [0.717, 1.165) is 18.4 Å². The van der Waals surface area contributed by atoms with Gasteiger partial charge in [-0.25, -0.2) is 22.2 Å². The number of hydrogen-bond acceptors (Lipinski definition) is 7. The number of aryl methyl sites for hydroxylation is 1. The lowest BCUT2D eigenvalue weighted by molar-refractivity contribution is -0.134. The molecule has 204 valence electrons. The molecular weight excluding hydrogens is 520 g/mol. The Morgan fingerprint density at radius 3 is 2.34 bits per heavy atom. The molecule has 3 aliphatic rings. The summed E-state index contributed by atoms with van der Waals surface area (Å²) >= 11 is 0. The average molecular weight is 550 g/mol. The molecule has 2 saturated heterocycles. The lowest BCUT2D eigenvalue weighted by Crippen LogP contribution is -2.56. The van der Waals surface area contributed by atoms with Gasteiger partial charge in [0.2, 0.25) is 10.0 Å². The lowest BCUT2D eigenvalue weighted by Gasteiger charge is -2.39. The van der Waals surface area contributed by atoms with Gasteiger partial charge in [-0.1, -0.05) is 0 Å². The van der Waals surface area contributed by atoms with Crippen molar-refractivity contribution in [2.24, 2.45) is 5.41 Å². The molecule has 1 amide bonds. The summed E-state index contributed by atoms with van der Waals surface area (Å²) in [6.07, 6.45) is 4.31. The van der Waals surface area contributed by atoms with Crippen LogP contribution in [0.25, 0.3) is 0 Å². The normalized spacial score (nSPS) is 19.6. The van der Waals surface area contributed by atoms with E-state index >= 15 is 0 Å². The predicted octanol–water partition coefficient (Wildman–Crippen LogP) is 3.30. The maximum Gasteiger partial charge on any atom is 0.320 e.